The number of hydrogen-bond donors (Lipinski definition) is 1. The third-order valence-corrected chi connectivity index (χ3v) is 1.83. The standard InChI is InChI=1S/C9H18N3O/c1-9(2,3)11-8(13)12-6-4-10-5-7-12/h4-7H2,1-3H3,(H,11,13). The SMILES string of the molecule is CC(C)(C)NC(=O)N1CC[N]CC1. The van der Waals surface area contributed by atoms with Crippen molar-refractivity contribution in [1.29, 1.82) is 0 Å². The van der Waals surface area contributed by atoms with Crippen molar-refractivity contribution < 1.29 is 4.79 Å². The molecule has 1 heterocycles. The van der Waals surface area contributed by atoms with E-state index in [9.17, 15) is 4.79 Å². The van der Waals surface area contributed by atoms with Crippen molar-refractivity contribution in [3.63, 3.8) is 0 Å². The van der Waals surface area contributed by atoms with Gasteiger partial charge < -0.3 is 10.2 Å². The first-order valence-electron chi connectivity index (χ1n) is 4.69. The molecule has 0 saturated carbocycles. The lowest BCUT2D eigenvalue weighted by atomic mass is 10.1. The number of urea groups is 1. The highest BCUT2D eigenvalue weighted by molar-refractivity contribution is 5.75. The lowest BCUT2D eigenvalue weighted by molar-refractivity contribution is 0.181. The Hall–Kier alpha value is -0.770. The van der Waals surface area contributed by atoms with Crippen LogP contribution in [-0.4, -0.2) is 42.6 Å². The minimum Gasteiger partial charge on any atom is -0.333 e. The number of nitrogens with one attached hydrogen (secondary N) is 1. The van der Waals surface area contributed by atoms with Crippen molar-refractivity contribution in [2.24, 2.45) is 0 Å². The number of nitrogens with zero attached hydrogens (tertiary/aromatic N) is 2. The smallest absolute Gasteiger partial charge is 0.317 e. The Morgan fingerprint density at radius 1 is 1.31 bits per heavy atom. The summed E-state index contributed by atoms with van der Waals surface area (Å²) in [5.41, 5.74) is -0.147. The summed E-state index contributed by atoms with van der Waals surface area (Å²) in [6.45, 7) is 9.01. The van der Waals surface area contributed by atoms with E-state index in [2.05, 4.69) is 10.6 Å². The maximum Gasteiger partial charge on any atom is 0.317 e. The van der Waals surface area contributed by atoms with Crippen molar-refractivity contribution >= 4 is 6.03 Å². The Bertz CT molecular complexity index is 180. The molecule has 0 bridgehead atoms. The van der Waals surface area contributed by atoms with Crippen LogP contribution in [-0.2, 0) is 0 Å². The second-order valence-electron chi connectivity index (χ2n) is 4.34. The van der Waals surface area contributed by atoms with Gasteiger partial charge in [-0.3, -0.25) is 0 Å². The quantitative estimate of drug-likeness (QED) is 0.582. The van der Waals surface area contributed by atoms with Gasteiger partial charge in [0.2, 0.25) is 0 Å². The lowest BCUT2D eigenvalue weighted by Crippen LogP contribution is -2.52. The van der Waals surface area contributed by atoms with Gasteiger partial charge in [0.25, 0.3) is 0 Å². The van der Waals surface area contributed by atoms with Crippen LogP contribution >= 0.6 is 0 Å². The zero-order valence-corrected chi connectivity index (χ0v) is 8.63. The molecular formula is C9H18N3O. The van der Waals surface area contributed by atoms with E-state index in [-0.39, 0.29) is 11.6 Å². The van der Waals surface area contributed by atoms with Crippen LogP contribution < -0.4 is 10.6 Å². The highest BCUT2D eigenvalue weighted by Gasteiger charge is 2.20. The van der Waals surface area contributed by atoms with E-state index in [0.29, 0.717) is 0 Å². The Labute approximate surface area is 79.7 Å². The van der Waals surface area contributed by atoms with Crippen LogP contribution in [0.15, 0.2) is 0 Å². The molecule has 1 aliphatic heterocycles. The summed E-state index contributed by atoms with van der Waals surface area (Å²) in [6, 6.07) is 0.0300. The molecule has 4 heteroatoms. The molecule has 0 unspecified atom stereocenters. The second kappa shape index (κ2) is 3.96. The van der Waals surface area contributed by atoms with Crippen LogP contribution in [0.4, 0.5) is 4.79 Å². The Morgan fingerprint density at radius 2 is 1.85 bits per heavy atom. The van der Waals surface area contributed by atoms with Gasteiger partial charge in [-0.15, -0.1) is 0 Å². The summed E-state index contributed by atoms with van der Waals surface area (Å²) in [4.78, 5) is 13.4. The minimum absolute atomic E-state index is 0.0300. The normalized spacial score (nSPS) is 18.5. The zero-order valence-electron chi connectivity index (χ0n) is 8.63. The van der Waals surface area contributed by atoms with Gasteiger partial charge in [-0.1, -0.05) is 0 Å². The van der Waals surface area contributed by atoms with Gasteiger partial charge in [-0.05, 0) is 20.8 Å². The maximum atomic E-state index is 11.6. The highest BCUT2D eigenvalue weighted by atomic mass is 16.2. The van der Waals surface area contributed by atoms with Crippen molar-refractivity contribution in [2.75, 3.05) is 26.2 Å². The molecule has 0 aromatic rings. The first kappa shape index (κ1) is 10.3. The average molecular weight is 184 g/mol. The highest BCUT2D eigenvalue weighted by Crippen LogP contribution is 2.01. The summed E-state index contributed by atoms with van der Waals surface area (Å²) >= 11 is 0. The Morgan fingerprint density at radius 3 is 2.31 bits per heavy atom. The summed E-state index contributed by atoms with van der Waals surface area (Å²) in [6.07, 6.45) is 0. The van der Waals surface area contributed by atoms with Gasteiger partial charge in [-0.2, -0.15) is 0 Å². The van der Waals surface area contributed by atoms with Crippen LogP contribution in [0, 0.1) is 0 Å². The van der Waals surface area contributed by atoms with Gasteiger partial charge in [0.1, 0.15) is 0 Å². The van der Waals surface area contributed by atoms with Gasteiger partial charge in [-0.25, -0.2) is 10.1 Å². The molecule has 0 aliphatic carbocycles. The number of carbonyl (C=O) groups excluding carboxylic acids is 1. The second-order valence-corrected chi connectivity index (χ2v) is 4.34. The van der Waals surface area contributed by atoms with E-state index < -0.39 is 0 Å². The number of piperazine rings is 1. The molecule has 1 saturated heterocycles. The molecular weight excluding hydrogens is 166 g/mol. The van der Waals surface area contributed by atoms with E-state index in [1.807, 2.05) is 25.7 Å². The molecule has 0 atom stereocenters. The fourth-order valence-electron chi connectivity index (χ4n) is 1.21. The van der Waals surface area contributed by atoms with Gasteiger partial charge in [0, 0.05) is 31.7 Å². The van der Waals surface area contributed by atoms with Crippen LogP contribution in [0.3, 0.4) is 0 Å². The van der Waals surface area contributed by atoms with E-state index in [1.54, 1.807) is 0 Å². The molecule has 0 aromatic heterocycles. The molecule has 0 spiro atoms. The summed E-state index contributed by atoms with van der Waals surface area (Å²) in [5.74, 6) is 0. The van der Waals surface area contributed by atoms with Crippen molar-refractivity contribution in [1.82, 2.24) is 15.5 Å². The van der Waals surface area contributed by atoms with Gasteiger partial charge >= 0.3 is 6.03 Å². The summed E-state index contributed by atoms with van der Waals surface area (Å²) in [7, 11) is 0. The molecule has 1 N–H and O–H groups in total. The number of hydrogen-bond acceptors (Lipinski definition) is 1. The number of amides is 2. The van der Waals surface area contributed by atoms with Gasteiger partial charge in [0.15, 0.2) is 0 Å². The summed E-state index contributed by atoms with van der Waals surface area (Å²) < 4.78 is 0. The third kappa shape index (κ3) is 3.63. The van der Waals surface area contributed by atoms with Crippen LogP contribution in [0.2, 0.25) is 0 Å². The largest absolute Gasteiger partial charge is 0.333 e. The number of carbonyl (C=O) groups is 1. The maximum absolute atomic E-state index is 11.6. The number of rotatable bonds is 0. The van der Waals surface area contributed by atoms with Crippen molar-refractivity contribution in [3.8, 4) is 0 Å². The molecule has 75 valence electrons. The predicted octanol–water partition coefficient (Wildman–Crippen LogP) is 0.415. The van der Waals surface area contributed by atoms with E-state index in [1.165, 1.54) is 0 Å². The van der Waals surface area contributed by atoms with E-state index >= 15 is 0 Å². The molecule has 0 aromatic carbocycles. The molecule has 2 amide bonds. The molecule has 1 rings (SSSR count). The zero-order chi connectivity index (χ0) is 9.90. The molecule has 1 aliphatic rings. The predicted molar refractivity (Wildman–Crippen MR) is 51.7 cm³/mol. The monoisotopic (exact) mass is 184 g/mol. The Balaban J connectivity index is 2.38. The van der Waals surface area contributed by atoms with Gasteiger partial charge in [0.05, 0.1) is 0 Å². The Kier molecular flexibility index (Phi) is 3.14. The topological polar surface area (TPSA) is 46.4 Å². The average Bonchev–Trinajstić information content (AvgIpc) is 2.03. The first-order valence-corrected chi connectivity index (χ1v) is 4.69. The van der Waals surface area contributed by atoms with Crippen molar-refractivity contribution in [2.45, 2.75) is 26.3 Å². The first-order chi connectivity index (χ1) is 5.99. The van der Waals surface area contributed by atoms with E-state index in [4.69, 9.17) is 0 Å². The third-order valence-electron chi connectivity index (χ3n) is 1.83. The van der Waals surface area contributed by atoms with Crippen molar-refractivity contribution in [3.05, 3.63) is 0 Å². The summed E-state index contributed by atoms with van der Waals surface area (Å²) in [5, 5.41) is 7.12. The van der Waals surface area contributed by atoms with Crippen LogP contribution in [0.5, 0.6) is 0 Å². The molecule has 1 fully saturated rings. The van der Waals surface area contributed by atoms with Crippen LogP contribution in [0.25, 0.3) is 0 Å². The van der Waals surface area contributed by atoms with Crippen LogP contribution in [0.1, 0.15) is 20.8 Å². The fourth-order valence-corrected chi connectivity index (χ4v) is 1.21. The lowest BCUT2D eigenvalue weighted by Gasteiger charge is -2.30. The minimum atomic E-state index is -0.147. The molecule has 13 heavy (non-hydrogen) atoms. The molecule has 1 radical (unpaired) electrons. The fraction of sp³-hybridized carbons (Fsp3) is 0.889. The van der Waals surface area contributed by atoms with E-state index in [0.717, 1.165) is 26.2 Å². The molecule has 4 nitrogen and oxygen atoms in total.